The Morgan fingerprint density at radius 3 is 2.37 bits per heavy atom. The molecule has 0 aromatic heterocycles. The molecule has 3 rings (SSSR count). The molecule has 0 unspecified atom stereocenters. The number of rotatable bonds is 5. The van der Waals surface area contributed by atoms with Crippen molar-refractivity contribution in [3.63, 3.8) is 0 Å². The van der Waals surface area contributed by atoms with E-state index in [9.17, 15) is 13.2 Å². The summed E-state index contributed by atoms with van der Waals surface area (Å²) in [4.78, 5) is 14.7. The van der Waals surface area contributed by atoms with E-state index < -0.39 is 10.0 Å². The maximum absolute atomic E-state index is 13.3. The van der Waals surface area contributed by atoms with Gasteiger partial charge in [0.05, 0.1) is 10.6 Å². The molecule has 0 atom stereocenters. The van der Waals surface area contributed by atoms with Crippen LogP contribution < -0.4 is 4.31 Å². The molecule has 1 heterocycles. The standard InChI is InChI=1S/C20H23ClN2O3S/c1-16-10-11-17(14-19(16)21)23(15-20(24)22-12-6-3-7-13-22)27(25,26)18-8-4-2-5-9-18/h2,4-5,8-11,14H,3,6-7,12-13,15H2,1H3. The molecule has 0 radical (unpaired) electrons. The minimum Gasteiger partial charge on any atom is -0.341 e. The third-order valence-corrected chi connectivity index (χ3v) is 6.96. The lowest BCUT2D eigenvalue weighted by Gasteiger charge is -2.30. The number of sulfonamides is 1. The molecule has 1 saturated heterocycles. The fourth-order valence-electron chi connectivity index (χ4n) is 3.14. The van der Waals surface area contributed by atoms with Crippen molar-refractivity contribution in [3.05, 3.63) is 59.1 Å². The molecule has 2 aromatic rings. The lowest BCUT2D eigenvalue weighted by Crippen LogP contribution is -2.44. The monoisotopic (exact) mass is 406 g/mol. The minimum atomic E-state index is -3.89. The number of hydrogen-bond donors (Lipinski definition) is 0. The van der Waals surface area contributed by atoms with E-state index in [1.807, 2.05) is 6.92 Å². The number of amides is 1. The SMILES string of the molecule is Cc1ccc(N(CC(=O)N2CCCCC2)S(=O)(=O)c2ccccc2)cc1Cl. The highest BCUT2D eigenvalue weighted by molar-refractivity contribution is 7.92. The van der Waals surface area contributed by atoms with Crippen LogP contribution in [0.5, 0.6) is 0 Å². The maximum atomic E-state index is 13.3. The third-order valence-electron chi connectivity index (χ3n) is 4.76. The number of piperidine rings is 1. The van der Waals surface area contributed by atoms with E-state index >= 15 is 0 Å². The highest BCUT2D eigenvalue weighted by Crippen LogP contribution is 2.28. The molecule has 0 spiro atoms. The Hall–Kier alpha value is -2.05. The predicted octanol–water partition coefficient (Wildman–Crippen LogP) is 3.86. The molecular formula is C20H23ClN2O3S. The zero-order valence-electron chi connectivity index (χ0n) is 15.3. The first-order chi connectivity index (χ1) is 12.9. The van der Waals surface area contributed by atoms with Gasteiger partial charge in [-0.3, -0.25) is 9.10 Å². The number of likely N-dealkylation sites (tertiary alicyclic amines) is 1. The number of carbonyl (C=O) groups excluding carboxylic acids is 1. The van der Waals surface area contributed by atoms with Crippen molar-refractivity contribution in [2.45, 2.75) is 31.1 Å². The molecule has 1 aliphatic rings. The van der Waals surface area contributed by atoms with Crippen LogP contribution in [0.25, 0.3) is 0 Å². The summed E-state index contributed by atoms with van der Waals surface area (Å²) in [6.45, 7) is 2.96. The van der Waals surface area contributed by atoms with E-state index in [1.54, 1.807) is 41.3 Å². The number of benzene rings is 2. The van der Waals surface area contributed by atoms with Crippen LogP contribution in [-0.4, -0.2) is 38.9 Å². The van der Waals surface area contributed by atoms with Crippen molar-refractivity contribution < 1.29 is 13.2 Å². The van der Waals surface area contributed by atoms with Crippen LogP contribution in [-0.2, 0) is 14.8 Å². The van der Waals surface area contributed by atoms with Crippen LogP contribution in [0.15, 0.2) is 53.4 Å². The summed E-state index contributed by atoms with van der Waals surface area (Å²) >= 11 is 6.22. The number of aryl methyl sites for hydroxylation is 1. The number of carbonyl (C=O) groups is 1. The molecule has 144 valence electrons. The van der Waals surface area contributed by atoms with Gasteiger partial charge in [0.25, 0.3) is 10.0 Å². The molecule has 1 fully saturated rings. The van der Waals surface area contributed by atoms with Crippen LogP contribution in [0, 0.1) is 6.92 Å². The van der Waals surface area contributed by atoms with Crippen molar-refractivity contribution in [2.24, 2.45) is 0 Å². The Labute approximate surface area is 165 Å². The van der Waals surface area contributed by atoms with Crippen LogP contribution in [0.4, 0.5) is 5.69 Å². The van der Waals surface area contributed by atoms with E-state index in [-0.39, 0.29) is 17.3 Å². The normalized spacial score (nSPS) is 14.8. The highest BCUT2D eigenvalue weighted by Gasteiger charge is 2.29. The second-order valence-electron chi connectivity index (χ2n) is 6.70. The van der Waals surface area contributed by atoms with Gasteiger partial charge in [0.15, 0.2) is 0 Å². The molecule has 0 saturated carbocycles. The molecule has 1 amide bonds. The maximum Gasteiger partial charge on any atom is 0.264 e. The molecule has 0 bridgehead atoms. The molecule has 5 nitrogen and oxygen atoms in total. The van der Waals surface area contributed by atoms with Gasteiger partial charge < -0.3 is 4.90 Å². The third kappa shape index (κ3) is 4.45. The molecule has 0 aliphatic carbocycles. The first-order valence-corrected chi connectivity index (χ1v) is 10.8. The van der Waals surface area contributed by atoms with Crippen LogP contribution in [0.2, 0.25) is 5.02 Å². The quantitative estimate of drug-likeness (QED) is 0.757. The van der Waals surface area contributed by atoms with Crippen LogP contribution >= 0.6 is 11.6 Å². The topological polar surface area (TPSA) is 57.7 Å². The molecule has 27 heavy (non-hydrogen) atoms. The summed E-state index contributed by atoms with van der Waals surface area (Å²) < 4.78 is 27.7. The van der Waals surface area contributed by atoms with Gasteiger partial charge in [0.1, 0.15) is 6.54 Å². The number of anilines is 1. The van der Waals surface area contributed by atoms with E-state index in [1.165, 1.54) is 12.1 Å². The van der Waals surface area contributed by atoms with E-state index in [4.69, 9.17) is 11.6 Å². The lowest BCUT2D eigenvalue weighted by atomic mass is 10.1. The first-order valence-electron chi connectivity index (χ1n) is 9.01. The smallest absolute Gasteiger partial charge is 0.264 e. The van der Waals surface area contributed by atoms with Crippen molar-refractivity contribution in [2.75, 3.05) is 23.9 Å². The summed E-state index contributed by atoms with van der Waals surface area (Å²) in [5.74, 6) is -0.189. The second-order valence-corrected chi connectivity index (χ2v) is 8.97. The molecular weight excluding hydrogens is 384 g/mol. The van der Waals surface area contributed by atoms with Gasteiger partial charge >= 0.3 is 0 Å². The summed E-state index contributed by atoms with van der Waals surface area (Å²) in [7, 11) is -3.89. The summed E-state index contributed by atoms with van der Waals surface area (Å²) in [5, 5.41) is 0.464. The van der Waals surface area contributed by atoms with Gasteiger partial charge in [-0.25, -0.2) is 8.42 Å². The van der Waals surface area contributed by atoms with Gasteiger partial charge in [-0.1, -0.05) is 35.9 Å². The fourth-order valence-corrected chi connectivity index (χ4v) is 4.74. The Morgan fingerprint density at radius 2 is 1.74 bits per heavy atom. The largest absolute Gasteiger partial charge is 0.341 e. The average molecular weight is 407 g/mol. The van der Waals surface area contributed by atoms with E-state index in [0.29, 0.717) is 23.8 Å². The minimum absolute atomic E-state index is 0.146. The zero-order valence-corrected chi connectivity index (χ0v) is 16.8. The van der Waals surface area contributed by atoms with Crippen molar-refractivity contribution in [1.82, 2.24) is 4.90 Å². The number of halogens is 1. The average Bonchev–Trinajstić information content (AvgIpc) is 2.69. The Morgan fingerprint density at radius 1 is 1.07 bits per heavy atom. The Balaban J connectivity index is 1.98. The molecule has 2 aromatic carbocycles. The van der Waals surface area contributed by atoms with Gasteiger partial charge in [-0.15, -0.1) is 0 Å². The number of nitrogens with zero attached hydrogens (tertiary/aromatic N) is 2. The molecule has 7 heteroatoms. The molecule has 0 N–H and O–H groups in total. The van der Waals surface area contributed by atoms with Crippen LogP contribution in [0.3, 0.4) is 0 Å². The van der Waals surface area contributed by atoms with Crippen molar-refractivity contribution in [1.29, 1.82) is 0 Å². The van der Waals surface area contributed by atoms with Crippen molar-refractivity contribution in [3.8, 4) is 0 Å². The molecule has 1 aliphatic heterocycles. The summed E-state index contributed by atoms with van der Waals surface area (Å²) in [6, 6.07) is 13.2. The van der Waals surface area contributed by atoms with E-state index in [0.717, 1.165) is 29.1 Å². The Kier molecular flexibility index (Phi) is 6.07. The first kappa shape index (κ1) is 19.7. The van der Waals surface area contributed by atoms with Gasteiger partial charge in [-0.05, 0) is 56.0 Å². The lowest BCUT2D eigenvalue weighted by molar-refractivity contribution is -0.130. The summed E-state index contributed by atoms with van der Waals surface area (Å²) in [5.41, 5.74) is 1.24. The van der Waals surface area contributed by atoms with Crippen molar-refractivity contribution >= 4 is 33.2 Å². The number of hydrogen-bond acceptors (Lipinski definition) is 3. The zero-order chi connectivity index (χ0) is 19.4. The predicted molar refractivity (Wildman–Crippen MR) is 108 cm³/mol. The summed E-state index contributed by atoms with van der Waals surface area (Å²) in [6.07, 6.45) is 3.00. The van der Waals surface area contributed by atoms with Gasteiger partial charge in [-0.2, -0.15) is 0 Å². The highest BCUT2D eigenvalue weighted by atomic mass is 35.5. The van der Waals surface area contributed by atoms with Gasteiger partial charge in [0, 0.05) is 18.1 Å². The fraction of sp³-hybridized carbons (Fsp3) is 0.350. The van der Waals surface area contributed by atoms with E-state index in [2.05, 4.69) is 0 Å². The Bertz CT molecular complexity index is 910. The van der Waals surface area contributed by atoms with Crippen LogP contribution in [0.1, 0.15) is 24.8 Å². The van der Waals surface area contributed by atoms with Gasteiger partial charge in [0.2, 0.25) is 5.91 Å². The second kappa shape index (κ2) is 8.31.